The summed E-state index contributed by atoms with van der Waals surface area (Å²) in [7, 11) is 1.48. The van der Waals surface area contributed by atoms with Crippen LogP contribution in [-0.4, -0.2) is 16.4 Å². The molecule has 0 radical (unpaired) electrons. The Morgan fingerprint density at radius 3 is 2.35 bits per heavy atom. The van der Waals surface area contributed by atoms with Crippen LogP contribution in [0.1, 0.15) is 22.3 Å². The van der Waals surface area contributed by atoms with Crippen molar-refractivity contribution in [2.75, 3.05) is 11.8 Å². The molecule has 1 unspecified atom stereocenters. The van der Waals surface area contributed by atoms with E-state index in [4.69, 9.17) is 18.9 Å². The first kappa shape index (κ1) is 22.0. The maximum atomic E-state index is 12.6. The zero-order valence-corrected chi connectivity index (χ0v) is 18.4. The van der Waals surface area contributed by atoms with Crippen LogP contribution in [0.3, 0.4) is 0 Å². The summed E-state index contributed by atoms with van der Waals surface area (Å²) in [6, 6.07) is 15.9. The Morgan fingerprint density at radius 1 is 1.00 bits per heavy atom. The molecule has 31 heavy (non-hydrogen) atoms. The second-order valence-corrected chi connectivity index (χ2v) is 7.75. The van der Waals surface area contributed by atoms with Gasteiger partial charge < -0.3 is 18.8 Å². The molecule has 8 heteroatoms. The molecule has 0 aliphatic carbocycles. The van der Waals surface area contributed by atoms with E-state index in [2.05, 4.69) is 4.72 Å². The van der Waals surface area contributed by atoms with Crippen LogP contribution in [-0.2, 0) is 11.3 Å². The van der Waals surface area contributed by atoms with E-state index in [1.54, 1.807) is 32.0 Å². The van der Waals surface area contributed by atoms with Gasteiger partial charge >= 0.3 is 11.3 Å². The van der Waals surface area contributed by atoms with E-state index in [9.17, 15) is 9.32 Å². The first-order valence-corrected chi connectivity index (χ1v) is 10.4. The maximum Gasteiger partial charge on any atom is 0.316 e. The molecule has 0 saturated carbocycles. The number of rotatable bonds is 7. The molecule has 1 atom stereocenters. The van der Waals surface area contributed by atoms with Gasteiger partial charge in [0.2, 0.25) is 0 Å². The number of hydrogen-bond donors (Lipinski definition) is 2. The zero-order chi connectivity index (χ0) is 22.5. The van der Waals surface area contributed by atoms with Gasteiger partial charge in [0, 0.05) is 11.6 Å². The molecule has 0 bridgehead atoms. The van der Waals surface area contributed by atoms with Gasteiger partial charge in [-0.2, -0.15) is 9.47 Å². The third-order valence-corrected chi connectivity index (χ3v) is 5.19. The molecule has 7 nitrogen and oxygen atoms in total. The molecular weight excluding hydrogens is 416 g/mol. The highest BCUT2D eigenvalue weighted by molar-refractivity contribution is 7.82. The molecule has 3 aromatic rings. The van der Waals surface area contributed by atoms with Gasteiger partial charge in [-0.15, -0.1) is 0 Å². The Hall–Kier alpha value is -3.70. The number of hydrogen-bond acceptors (Lipinski definition) is 6. The Balaban J connectivity index is 1.79. The van der Waals surface area contributed by atoms with Crippen LogP contribution >= 0.6 is 0 Å². The van der Waals surface area contributed by atoms with E-state index in [1.165, 1.54) is 13.2 Å². The molecule has 3 aromatic carbocycles. The molecule has 0 aliphatic rings. The van der Waals surface area contributed by atoms with Crippen molar-refractivity contribution in [2.24, 2.45) is 0 Å². The third-order valence-electron chi connectivity index (χ3n) is 4.47. The molecule has 0 heterocycles. The van der Waals surface area contributed by atoms with E-state index in [1.807, 2.05) is 37.3 Å². The number of nitriles is 1. The third kappa shape index (κ3) is 5.27. The van der Waals surface area contributed by atoms with Crippen molar-refractivity contribution in [3.63, 3.8) is 0 Å². The van der Waals surface area contributed by atoms with Gasteiger partial charge in [0.05, 0.1) is 18.4 Å². The molecule has 2 N–H and O–H groups in total. The molecule has 0 aromatic heterocycles. The van der Waals surface area contributed by atoms with Crippen molar-refractivity contribution in [1.82, 2.24) is 0 Å². The predicted molar refractivity (Wildman–Crippen MR) is 119 cm³/mol. The summed E-state index contributed by atoms with van der Waals surface area (Å²) in [5.74, 6) is 1.78. The van der Waals surface area contributed by atoms with Gasteiger partial charge in [-0.1, -0.05) is 17.7 Å². The molecule has 160 valence electrons. The smallest absolute Gasteiger partial charge is 0.316 e. The molecule has 0 aliphatic heterocycles. The fourth-order valence-corrected chi connectivity index (χ4v) is 3.60. The Morgan fingerprint density at radius 2 is 1.71 bits per heavy atom. The molecule has 0 fully saturated rings. The van der Waals surface area contributed by atoms with Crippen LogP contribution in [0.15, 0.2) is 48.5 Å². The van der Waals surface area contributed by atoms with E-state index >= 15 is 0 Å². The first-order valence-electron chi connectivity index (χ1n) is 9.34. The number of aryl methyl sites for hydroxylation is 3. The minimum Gasteiger partial charge on any atom is -0.506 e. The average molecular weight is 439 g/mol. The number of phenols is 1. The average Bonchev–Trinajstić information content (AvgIpc) is 2.73. The number of benzene rings is 3. The maximum absolute atomic E-state index is 12.6. The molecule has 0 amide bonds. The summed E-state index contributed by atoms with van der Waals surface area (Å²) < 4.78 is 32.1. The van der Waals surface area contributed by atoms with Crippen LogP contribution < -0.4 is 18.4 Å². The summed E-state index contributed by atoms with van der Waals surface area (Å²) in [6.45, 7) is 5.43. The van der Waals surface area contributed by atoms with E-state index in [0.29, 0.717) is 39.8 Å². The predicted octanol–water partition coefficient (Wildman–Crippen LogP) is 5.06. The molecule has 0 saturated heterocycles. The summed E-state index contributed by atoms with van der Waals surface area (Å²) >= 11 is -1.98. The lowest BCUT2D eigenvalue weighted by Crippen LogP contribution is -2.12. The van der Waals surface area contributed by atoms with Crippen LogP contribution in [0.4, 0.5) is 5.69 Å². The summed E-state index contributed by atoms with van der Waals surface area (Å²) in [5, 5.41) is 19.0. The minimum atomic E-state index is -1.98. The molecule has 3 rings (SSSR count). The number of nitrogens with zero attached hydrogens (tertiary/aromatic N) is 1. The highest BCUT2D eigenvalue weighted by Crippen LogP contribution is 2.37. The van der Waals surface area contributed by atoms with Gasteiger partial charge in [0.25, 0.3) is 0 Å². The second kappa shape index (κ2) is 9.41. The lowest BCUT2D eigenvalue weighted by Gasteiger charge is -2.15. The lowest BCUT2D eigenvalue weighted by atomic mass is 10.1. The Labute approximate surface area is 183 Å². The van der Waals surface area contributed by atoms with Gasteiger partial charge in [0.15, 0.2) is 11.5 Å². The Bertz CT molecular complexity index is 1170. The summed E-state index contributed by atoms with van der Waals surface area (Å²) in [6.07, 6.45) is 0. The molecule has 0 spiro atoms. The topological polar surface area (TPSA) is 101 Å². The van der Waals surface area contributed by atoms with Crippen molar-refractivity contribution in [3.8, 4) is 34.8 Å². The van der Waals surface area contributed by atoms with Crippen molar-refractivity contribution in [2.45, 2.75) is 20.8 Å². The molecular formula is C23H22N2O5S. The van der Waals surface area contributed by atoms with Gasteiger partial charge in [0.1, 0.15) is 23.3 Å². The van der Waals surface area contributed by atoms with Gasteiger partial charge in [-0.3, -0.25) is 4.72 Å². The van der Waals surface area contributed by atoms with Gasteiger partial charge in [-0.05, 0) is 56.7 Å². The summed E-state index contributed by atoms with van der Waals surface area (Å²) in [4.78, 5) is 0. The monoisotopic (exact) mass is 438 g/mol. The van der Waals surface area contributed by atoms with E-state index in [-0.39, 0.29) is 11.3 Å². The zero-order valence-electron chi connectivity index (χ0n) is 17.6. The first-order chi connectivity index (χ1) is 14.8. The van der Waals surface area contributed by atoms with Crippen molar-refractivity contribution >= 4 is 17.0 Å². The second-order valence-electron chi connectivity index (χ2n) is 6.91. The number of ether oxygens (including phenoxy) is 2. The number of anilines is 1. The number of methoxy groups -OCH3 is 1. The lowest BCUT2D eigenvalue weighted by molar-refractivity contribution is 0.390. The van der Waals surface area contributed by atoms with E-state index < -0.39 is 11.3 Å². The number of nitrogens with one attached hydrogen (secondary N) is 1. The van der Waals surface area contributed by atoms with Crippen LogP contribution in [0.5, 0.6) is 28.7 Å². The normalized spacial score (nSPS) is 11.3. The highest BCUT2D eigenvalue weighted by atomic mass is 32.2. The van der Waals surface area contributed by atoms with Crippen molar-refractivity contribution in [1.29, 1.82) is 5.26 Å². The van der Waals surface area contributed by atoms with Crippen LogP contribution in [0.2, 0.25) is 0 Å². The van der Waals surface area contributed by atoms with E-state index in [0.717, 1.165) is 5.56 Å². The van der Waals surface area contributed by atoms with Crippen LogP contribution in [0, 0.1) is 32.1 Å². The van der Waals surface area contributed by atoms with Gasteiger partial charge in [-0.25, -0.2) is 0 Å². The highest BCUT2D eigenvalue weighted by Gasteiger charge is 2.16. The minimum absolute atomic E-state index is 0.0749. The van der Waals surface area contributed by atoms with Crippen molar-refractivity contribution in [3.05, 3.63) is 70.8 Å². The largest absolute Gasteiger partial charge is 0.506 e. The van der Waals surface area contributed by atoms with Crippen LogP contribution in [0.25, 0.3) is 0 Å². The Kier molecular flexibility index (Phi) is 6.68. The number of aromatic hydroxyl groups is 1. The SMILES string of the molecule is COc1cc(Oc2ccc(C)cc2)cc(C)c1OS(=O)Nc1cc(C)c(O)c(C#N)c1. The van der Waals surface area contributed by atoms with Crippen molar-refractivity contribution < 1.29 is 23.0 Å². The fraction of sp³-hybridized carbons (Fsp3) is 0.174. The quantitative estimate of drug-likeness (QED) is 0.500. The summed E-state index contributed by atoms with van der Waals surface area (Å²) in [5.41, 5.74) is 2.72. The number of phenolic OH excluding ortho intramolecular Hbond substituents is 1. The fourth-order valence-electron chi connectivity index (χ4n) is 2.89. The standard InChI is InChI=1S/C23H22N2O5S/c1-14-5-7-19(8-6-14)29-20-10-16(3)23(21(12-20)28-4)30-31(27)25-18-9-15(2)22(26)17(11-18)13-24/h5-12,25-26H,1-4H3.